The molecule has 0 saturated heterocycles. The SMILES string of the molecule is CC(=O)Nc1ccc(SCCCC(=O)Nc2ccc3c(c2)OCCO3)nn1. The summed E-state index contributed by atoms with van der Waals surface area (Å²) < 4.78 is 11.0. The lowest BCUT2D eigenvalue weighted by molar-refractivity contribution is -0.116. The van der Waals surface area contributed by atoms with Crippen molar-refractivity contribution in [3.05, 3.63) is 30.3 Å². The van der Waals surface area contributed by atoms with Gasteiger partial charge in [0.1, 0.15) is 18.2 Å². The molecule has 0 spiro atoms. The Morgan fingerprint density at radius 3 is 2.63 bits per heavy atom. The highest BCUT2D eigenvalue weighted by molar-refractivity contribution is 7.99. The molecule has 0 unspecified atom stereocenters. The van der Waals surface area contributed by atoms with Crippen LogP contribution in [0.5, 0.6) is 11.5 Å². The van der Waals surface area contributed by atoms with Crippen LogP contribution >= 0.6 is 11.8 Å². The molecule has 2 heterocycles. The first-order chi connectivity index (χ1) is 13.1. The largest absolute Gasteiger partial charge is 0.486 e. The number of aromatic nitrogens is 2. The summed E-state index contributed by atoms with van der Waals surface area (Å²) in [6.07, 6.45) is 1.11. The lowest BCUT2D eigenvalue weighted by Gasteiger charge is -2.19. The van der Waals surface area contributed by atoms with Gasteiger partial charge in [-0.15, -0.1) is 22.0 Å². The minimum Gasteiger partial charge on any atom is -0.486 e. The summed E-state index contributed by atoms with van der Waals surface area (Å²) in [6.45, 7) is 2.47. The summed E-state index contributed by atoms with van der Waals surface area (Å²) in [6, 6.07) is 8.85. The van der Waals surface area contributed by atoms with Crippen LogP contribution in [0.15, 0.2) is 35.4 Å². The monoisotopic (exact) mass is 388 g/mol. The fraction of sp³-hybridized carbons (Fsp3) is 0.333. The molecule has 2 aromatic rings. The standard InChI is InChI=1S/C18H20N4O4S/c1-12(23)19-16-6-7-18(22-21-16)27-10-2-3-17(24)20-13-4-5-14-15(11-13)26-9-8-25-14/h4-7,11H,2-3,8-10H2,1H3,(H,20,24)(H,19,21,23). The van der Waals surface area contributed by atoms with Gasteiger partial charge in [0.25, 0.3) is 0 Å². The van der Waals surface area contributed by atoms with Crippen molar-refractivity contribution in [2.75, 3.05) is 29.6 Å². The van der Waals surface area contributed by atoms with Gasteiger partial charge in [0.05, 0.1) is 0 Å². The Balaban J connectivity index is 1.39. The molecule has 8 nitrogen and oxygen atoms in total. The number of ether oxygens (including phenoxy) is 2. The highest BCUT2D eigenvalue weighted by Crippen LogP contribution is 2.32. The molecule has 0 fully saturated rings. The number of nitrogens with one attached hydrogen (secondary N) is 2. The van der Waals surface area contributed by atoms with Gasteiger partial charge in [-0.2, -0.15) is 0 Å². The topological polar surface area (TPSA) is 102 Å². The van der Waals surface area contributed by atoms with E-state index >= 15 is 0 Å². The maximum atomic E-state index is 12.1. The van der Waals surface area contributed by atoms with Gasteiger partial charge in [-0.3, -0.25) is 9.59 Å². The van der Waals surface area contributed by atoms with Crippen LogP contribution in [0.25, 0.3) is 0 Å². The Labute approximate surface area is 161 Å². The predicted octanol–water partition coefficient (Wildman–Crippen LogP) is 2.72. The van der Waals surface area contributed by atoms with E-state index in [0.717, 1.165) is 10.8 Å². The third-order valence-electron chi connectivity index (χ3n) is 3.57. The summed E-state index contributed by atoms with van der Waals surface area (Å²) in [5.41, 5.74) is 0.691. The predicted molar refractivity (Wildman–Crippen MR) is 102 cm³/mol. The molecule has 1 aromatic carbocycles. The third kappa shape index (κ3) is 5.85. The molecule has 2 amide bonds. The summed E-state index contributed by atoms with van der Waals surface area (Å²) in [7, 11) is 0. The van der Waals surface area contributed by atoms with Gasteiger partial charge in [0.2, 0.25) is 11.8 Å². The van der Waals surface area contributed by atoms with Crippen LogP contribution in [0.4, 0.5) is 11.5 Å². The molecule has 0 saturated carbocycles. The molecule has 3 rings (SSSR count). The zero-order valence-corrected chi connectivity index (χ0v) is 15.7. The van der Waals surface area contributed by atoms with Crippen LogP contribution < -0.4 is 20.1 Å². The lowest BCUT2D eigenvalue weighted by Crippen LogP contribution is -2.16. The molecule has 0 radical (unpaired) electrons. The number of amides is 2. The second-order valence-electron chi connectivity index (χ2n) is 5.80. The van der Waals surface area contributed by atoms with Crippen LogP contribution in [0, 0.1) is 0 Å². The van der Waals surface area contributed by atoms with E-state index in [2.05, 4.69) is 20.8 Å². The molecule has 0 bridgehead atoms. The maximum absolute atomic E-state index is 12.1. The Hall–Kier alpha value is -2.81. The minimum absolute atomic E-state index is 0.0561. The van der Waals surface area contributed by atoms with Gasteiger partial charge in [-0.1, -0.05) is 0 Å². The average molecular weight is 388 g/mol. The third-order valence-corrected chi connectivity index (χ3v) is 4.57. The van der Waals surface area contributed by atoms with E-state index in [1.807, 2.05) is 0 Å². The van der Waals surface area contributed by atoms with Crippen LogP contribution in [0.1, 0.15) is 19.8 Å². The van der Waals surface area contributed by atoms with E-state index in [1.54, 1.807) is 30.3 Å². The molecule has 142 valence electrons. The quantitative estimate of drug-likeness (QED) is 0.555. The molecule has 0 aliphatic carbocycles. The molecule has 1 aliphatic rings. The van der Waals surface area contributed by atoms with Crippen LogP contribution in [-0.4, -0.2) is 41.0 Å². The summed E-state index contributed by atoms with van der Waals surface area (Å²) in [5.74, 6) is 2.26. The van der Waals surface area contributed by atoms with E-state index in [1.165, 1.54) is 18.7 Å². The van der Waals surface area contributed by atoms with Gasteiger partial charge in [-0.25, -0.2) is 0 Å². The molecular weight excluding hydrogens is 368 g/mol. The number of carbonyl (C=O) groups excluding carboxylic acids is 2. The van der Waals surface area contributed by atoms with Crippen molar-refractivity contribution in [3.8, 4) is 11.5 Å². The van der Waals surface area contributed by atoms with Gasteiger partial charge >= 0.3 is 0 Å². The number of rotatable bonds is 7. The Bertz CT molecular complexity index is 814. The Morgan fingerprint density at radius 2 is 1.89 bits per heavy atom. The Morgan fingerprint density at radius 1 is 1.07 bits per heavy atom. The summed E-state index contributed by atoms with van der Waals surface area (Å²) >= 11 is 1.51. The number of anilines is 2. The lowest BCUT2D eigenvalue weighted by atomic mass is 10.2. The first kappa shape index (κ1) is 19.0. The molecular formula is C18H20N4O4S. The number of thioether (sulfide) groups is 1. The fourth-order valence-corrected chi connectivity index (χ4v) is 3.16. The van der Waals surface area contributed by atoms with Gasteiger partial charge in [0, 0.05) is 30.9 Å². The second-order valence-corrected chi connectivity index (χ2v) is 6.91. The maximum Gasteiger partial charge on any atom is 0.224 e. The molecule has 0 atom stereocenters. The summed E-state index contributed by atoms with van der Waals surface area (Å²) in [5, 5.41) is 14.1. The van der Waals surface area contributed by atoms with Gasteiger partial charge in [0.15, 0.2) is 17.3 Å². The van der Waals surface area contributed by atoms with E-state index in [0.29, 0.717) is 49.1 Å². The number of hydrogen-bond donors (Lipinski definition) is 2. The van der Waals surface area contributed by atoms with E-state index in [9.17, 15) is 9.59 Å². The first-order valence-corrected chi connectivity index (χ1v) is 9.52. The molecule has 1 aliphatic heterocycles. The average Bonchev–Trinajstić information content (AvgIpc) is 2.66. The number of carbonyl (C=O) groups is 2. The van der Waals surface area contributed by atoms with Crippen molar-refractivity contribution in [1.29, 1.82) is 0 Å². The van der Waals surface area contributed by atoms with Gasteiger partial charge in [-0.05, 0) is 30.7 Å². The van der Waals surface area contributed by atoms with Crippen molar-refractivity contribution in [3.63, 3.8) is 0 Å². The normalized spacial score (nSPS) is 12.3. The van der Waals surface area contributed by atoms with E-state index < -0.39 is 0 Å². The highest BCUT2D eigenvalue weighted by Gasteiger charge is 2.12. The number of nitrogens with zero attached hydrogens (tertiary/aromatic N) is 2. The molecule has 27 heavy (non-hydrogen) atoms. The van der Waals surface area contributed by atoms with Crippen molar-refractivity contribution < 1.29 is 19.1 Å². The number of benzene rings is 1. The smallest absolute Gasteiger partial charge is 0.224 e. The zero-order valence-electron chi connectivity index (χ0n) is 14.9. The van der Waals surface area contributed by atoms with Crippen LogP contribution in [-0.2, 0) is 9.59 Å². The van der Waals surface area contributed by atoms with E-state index in [4.69, 9.17) is 9.47 Å². The van der Waals surface area contributed by atoms with Crippen LogP contribution in [0.2, 0.25) is 0 Å². The molecule has 2 N–H and O–H groups in total. The van der Waals surface area contributed by atoms with Crippen molar-refractivity contribution in [2.45, 2.75) is 24.8 Å². The van der Waals surface area contributed by atoms with E-state index in [-0.39, 0.29) is 11.8 Å². The fourth-order valence-electron chi connectivity index (χ4n) is 2.40. The summed E-state index contributed by atoms with van der Waals surface area (Å²) in [4.78, 5) is 23.0. The highest BCUT2D eigenvalue weighted by atomic mass is 32.2. The Kier molecular flexibility index (Phi) is 6.48. The number of fused-ring (bicyclic) bond motifs is 1. The second kappa shape index (κ2) is 9.22. The van der Waals surface area contributed by atoms with Gasteiger partial charge < -0.3 is 20.1 Å². The van der Waals surface area contributed by atoms with Crippen LogP contribution in [0.3, 0.4) is 0 Å². The first-order valence-electron chi connectivity index (χ1n) is 8.54. The van der Waals surface area contributed by atoms with Crippen molar-refractivity contribution in [1.82, 2.24) is 10.2 Å². The zero-order chi connectivity index (χ0) is 19.1. The number of hydrogen-bond acceptors (Lipinski definition) is 7. The molecule has 9 heteroatoms. The molecule has 1 aromatic heterocycles. The minimum atomic E-state index is -0.186. The van der Waals surface area contributed by atoms with Crippen molar-refractivity contribution in [2.24, 2.45) is 0 Å². The van der Waals surface area contributed by atoms with Crippen molar-refractivity contribution >= 4 is 35.1 Å².